The molecule has 0 saturated carbocycles. The van der Waals surface area contributed by atoms with Crippen molar-refractivity contribution < 1.29 is 28.6 Å². The van der Waals surface area contributed by atoms with Gasteiger partial charge in [-0.3, -0.25) is 10.1 Å². The summed E-state index contributed by atoms with van der Waals surface area (Å²) in [5.74, 6) is -2.09. The second kappa shape index (κ2) is 5.29. The Bertz CT molecular complexity index is 1000. The summed E-state index contributed by atoms with van der Waals surface area (Å²) in [6.07, 6.45) is 0. The molecule has 132 valence electrons. The smallest absolute Gasteiger partial charge is 0.341 e. The summed E-state index contributed by atoms with van der Waals surface area (Å²) in [7, 11) is 0. The van der Waals surface area contributed by atoms with Gasteiger partial charge >= 0.3 is 12.0 Å². The highest BCUT2D eigenvalue weighted by molar-refractivity contribution is 6.13. The van der Waals surface area contributed by atoms with E-state index in [0.717, 1.165) is 0 Å². The minimum atomic E-state index is -1.57. The van der Waals surface area contributed by atoms with Crippen LogP contribution in [0.25, 0.3) is 11.1 Å². The van der Waals surface area contributed by atoms with E-state index in [9.17, 15) is 18.8 Å². The number of amides is 3. The number of urea groups is 1. The van der Waals surface area contributed by atoms with E-state index in [1.165, 1.54) is 18.2 Å². The number of carbonyl (C=O) groups is 3. The summed E-state index contributed by atoms with van der Waals surface area (Å²) in [4.78, 5) is 35.4. The number of fused-ring (bicyclic) bond motifs is 5. The first-order chi connectivity index (χ1) is 12.3. The number of hydrogen-bond acceptors (Lipinski definition) is 4. The molecular formula is C18H13FN2O5. The zero-order valence-corrected chi connectivity index (χ0v) is 13.6. The van der Waals surface area contributed by atoms with E-state index >= 15 is 0 Å². The quantitative estimate of drug-likeness (QED) is 0.726. The lowest BCUT2D eigenvalue weighted by atomic mass is 9.87. The van der Waals surface area contributed by atoms with Crippen molar-refractivity contribution in [2.45, 2.75) is 12.5 Å². The fourth-order valence-electron chi connectivity index (χ4n) is 3.60. The summed E-state index contributed by atoms with van der Waals surface area (Å²) in [5.41, 5.74) is 0.787. The Morgan fingerprint density at radius 2 is 2.00 bits per heavy atom. The molecule has 2 aromatic carbocycles. The molecule has 1 saturated heterocycles. The van der Waals surface area contributed by atoms with E-state index in [1.807, 2.05) is 0 Å². The molecule has 1 aliphatic carbocycles. The highest BCUT2D eigenvalue weighted by Gasteiger charge is 2.55. The Morgan fingerprint density at radius 1 is 1.23 bits per heavy atom. The lowest BCUT2D eigenvalue weighted by molar-refractivity contribution is -0.139. The number of halogens is 1. The van der Waals surface area contributed by atoms with E-state index in [4.69, 9.17) is 9.84 Å². The molecule has 1 unspecified atom stereocenters. The van der Waals surface area contributed by atoms with Gasteiger partial charge in [-0.05, 0) is 36.2 Å². The molecule has 0 aromatic heterocycles. The number of aryl methyl sites for hydroxylation is 1. The Labute approximate surface area is 146 Å². The molecule has 1 spiro atoms. The minimum Gasteiger partial charge on any atom is -0.481 e. The summed E-state index contributed by atoms with van der Waals surface area (Å²) in [5, 5.41) is 13.7. The molecule has 4 rings (SSSR count). The first-order valence-corrected chi connectivity index (χ1v) is 7.76. The van der Waals surface area contributed by atoms with Crippen LogP contribution in [0.5, 0.6) is 5.75 Å². The van der Waals surface area contributed by atoms with Gasteiger partial charge in [-0.1, -0.05) is 12.1 Å². The molecule has 2 aromatic rings. The predicted octanol–water partition coefficient (Wildman–Crippen LogP) is 1.66. The largest absolute Gasteiger partial charge is 0.481 e. The van der Waals surface area contributed by atoms with Gasteiger partial charge in [0.1, 0.15) is 11.6 Å². The molecular weight excluding hydrogens is 343 g/mol. The van der Waals surface area contributed by atoms with E-state index in [2.05, 4.69) is 10.6 Å². The third-order valence-electron chi connectivity index (χ3n) is 4.53. The van der Waals surface area contributed by atoms with E-state index in [0.29, 0.717) is 22.3 Å². The topological polar surface area (TPSA) is 105 Å². The van der Waals surface area contributed by atoms with Gasteiger partial charge in [-0.25, -0.2) is 14.0 Å². The number of carboxylic acid groups (broad SMARTS) is 1. The van der Waals surface area contributed by atoms with Crippen LogP contribution in [0.1, 0.15) is 16.7 Å². The minimum absolute atomic E-state index is 0.251. The van der Waals surface area contributed by atoms with Crippen LogP contribution >= 0.6 is 0 Å². The van der Waals surface area contributed by atoms with Crippen molar-refractivity contribution in [3.05, 3.63) is 52.8 Å². The van der Waals surface area contributed by atoms with Crippen molar-refractivity contribution in [2.75, 3.05) is 6.61 Å². The zero-order valence-electron chi connectivity index (χ0n) is 13.6. The fourth-order valence-corrected chi connectivity index (χ4v) is 3.60. The number of carbonyl (C=O) groups excluding carboxylic acids is 2. The van der Waals surface area contributed by atoms with Gasteiger partial charge in [0.15, 0.2) is 12.1 Å². The van der Waals surface area contributed by atoms with Gasteiger partial charge in [0.05, 0.1) is 0 Å². The number of nitrogens with one attached hydrogen (secondary N) is 2. The van der Waals surface area contributed by atoms with E-state index in [-0.39, 0.29) is 11.3 Å². The van der Waals surface area contributed by atoms with Crippen LogP contribution in [0, 0.1) is 12.7 Å². The van der Waals surface area contributed by atoms with Crippen molar-refractivity contribution in [1.29, 1.82) is 0 Å². The maximum atomic E-state index is 13.9. The van der Waals surface area contributed by atoms with Crippen LogP contribution in [0.3, 0.4) is 0 Å². The van der Waals surface area contributed by atoms with E-state index in [1.54, 1.807) is 19.1 Å². The number of ether oxygens (including phenoxy) is 1. The van der Waals surface area contributed by atoms with Crippen molar-refractivity contribution in [1.82, 2.24) is 10.6 Å². The highest BCUT2D eigenvalue weighted by Crippen LogP contribution is 2.52. The first-order valence-electron chi connectivity index (χ1n) is 7.76. The van der Waals surface area contributed by atoms with Crippen LogP contribution in [0.4, 0.5) is 9.18 Å². The van der Waals surface area contributed by atoms with Crippen LogP contribution in [-0.4, -0.2) is 29.6 Å². The summed E-state index contributed by atoms with van der Waals surface area (Å²) >= 11 is 0. The van der Waals surface area contributed by atoms with Gasteiger partial charge in [-0.15, -0.1) is 0 Å². The average molecular weight is 356 g/mol. The number of imide groups is 1. The van der Waals surface area contributed by atoms with Crippen molar-refractivity contribution in [2.24, 2.45) is 0 Å². The summed E-state index contributed by atoms with van der Waals surface area (Å²) in [6, 6.07) is 6.56. The number of benzene rings is 2. The molecule has 3 amide bonds. The maximum Gasteiger partial charge on any atom is 0.341 e. The number of hydrogen-bond donors (Lipinski definition) is 3. The molecule has 1 atom stereocenters. The molecule has 1 aliphatic heterocycles. The molecule has 0 radical (unpaired) electrons. The van der Waals surface area contributed by atoms with Crippen LogP contribution < -0.4 is 15.4 Å². The summed E-state index contributed by atoms with van der Waals surface area (Å²) in [6.45, 7) is 1.18. The molecule has 3 N–H and O–H groups in total. The number of rotatable bonds is 3. The van der Waals surface area contributed by atoms with Gasteiger partial charge in [0, 0.05) is 16.7 Å². The van der Waals surface area contributed by atoms with Crippen molar-refractivity contribution in [3.63, 3.8) is 0 Å². The Kier molecular flexibility index (Phi) is 3.27. The first kappa shape index (κ1) is 16.1. The van der Waals surface area contributed by atoms with Crippen LogP contribution in [0.2, 0.25) is 0 Å². The highest BCUT2D eigenvalue weighted by atomic mass is 19.1. The second-order valence-corrected chi connectivity index (χ2v) is 6.22. The lowest BCUT2D eigenvalue weighted by Crippen LogP contribution is -2.43. The molecule has 2 aliphatic rings. The molecule has 1 heterocycles. The fraction of sp³-hybridized carbons (Fsp3) is 0.167. The van der Waals surface area contributed by atoms with Gasteiger partial charge in [0.2, 0.25) is 0 Å². The van der Waals surface area contributed by atoms with Gasteiger partial charge in [0.25, 0.3) is 5.91 Å². The van der Waals surface area contributed by atoms with E-state index < -0.39 is 35.9 Å². The maximum absolute atomic E-state index is 13.9. The Morgan fingerprint density at radius 3 is 2.65 bits per heavy atom. The predicted molar refractivity (Wildman–Crippen MR) is 87.2 cm³/mol. The van der Waals surface area contributed by atoms with Crippen LogP contribution in [0.15, 0.2) is 30.3 Å². The summed E-state index contributed by atoms with van der Waals surface area (Å²) < 4.78 is 19.3. The standard InChI is InChI=1S/C18H13FN2O5/c1-8-4-12-15(13(5-8)26-7-14(22)23)10-3-2-9(19)6-11(10)18(12)16(24)20-17(25)21-18/h2-6H,7H2,1H3,(H,22,23)(H2,20,21,24,25). The molecule has 1 fully saturated rings. The third-order valence-corrected chi connectivity index (χ3v) is 4.53. The molecule has 0 bridgehead atoms. The number of aliphatic carboxylic acids is 1. The third kappa shape index (κ3) is 2.08. The lowest BCUT2D eigenvalue weighted by Gasteiger charge is -2.23. The Hall–Kier alpha value is -3.42. The van der Waals surface area contributed by atoms with Crippen molar-refractivity contribution >= 4 is 17.9 Å². The monoisotopic (exact) mass is 356 g/mol. The van der Waals surface area contributed by atoms with Crippen LogP contribution in [-0.2, 0) is 15.1 Å². The molecule has 26 heavy (non-hydrogen) atoms. The Balaban J connectivity index is 2.03. The zero-order chi connectivity index (χ0) is 18.6. The second-order valence-electron chi connectivity index (χ2n) is 6.22. The van der Waals surface area contributed by atoms with Crippen molar-refractivity contribution in [3.8, 4) is 16.9 Å². The average Bonchev–Trinajstić information content (AvgIpc) is 3.01. The molecule has 8 heteroatoms. The van der Waals surface area contributed by atoms with Gasteiger partial charge < -0.3 is 15.2 Å². The number of carboxylic acids is 1. The molecule has 7 nitrogen and oxygen atoms in total. The normalized spacial score (nSPS) is 19.8. The van der Waals surface area contributed by atoms with Gasteiger partial charge in [-0.2, -0.15) is 0 Å². The SMILES string of the molecule is Cc1cc(OCC(=O)O)c2c(c1)C1(NC(=O)NC1=O)c1cc(F)ccc1-2.